The molecule has 1 aliphatic rings. The Kier molecular flexibility index (Phi) is 6.94. The fraction of sp³-hybridized carbons (Fsp3) is 0.600. The topological polar surface area (TPSA) is 38.3 Å². The van der Waals surface area contributed by atoms with Crippen molar-refractivity contribution < 1.29 is 9.22 Å². The maximum Gasteiger partial charge on any atom is 0.228 e. The molecule has 1 heterocycles. The molecule has 5 heteroatoms. The maximum atomic E-state index is 12.3. The highest BCUT2D eigenvalue weighted by Gasteiger charge is 2.48. The van der Waals surface area contributed by atoms with Gasteiger partial charge in [0.05, 0.1) is 18.1 Å². The summed E-state index contributed by atoms with van der Waals surface area (Å²) in [4.78, 5) is 13.2. The van der Waals surface area contributed by atoms with Crippen LogP contribution in [0.2, 0.25) is 18.1 Å². The number of amides is 1. The Hall–Kier alpha value is -1.04. The molecule has 0 unspecified atom stereocenters. The Morgan fingerprint density at radius 3 is 2.20 bits per heavy atom. The first kappa shape index (κ1) is 20.3. The lowest BCUT2D eigenvalue weighted by Gasteiger charge is -2.46. The zero-order valence-corrected chi connectivity index (χ0v) is 17.9. The van der Waals surface area contributed by atoms with Crippen LogP contribution in [0.3, 0.4) is 0 Å². The molecule has 138 valence electrons. The van der Waals surface area contributed by atoms with Crippen LogP contribution < -0.4 is 5.32 Å². The lowest BCUT2D eigenvalue weighted by atomic mass is 9.77. The standard InChI is InChI=1S/C20H31NO2SSi/c1-6-25(7-2,8-3)23-15(5)17-18(21-20(17)22)14(4)19(24)16-12-10-9-11-13-16/h9-15,17-18H,6-8H2,1-5H3,(H,21,22)/t14-,15-,17-,18-/m1/s1. The minimum atomic E-state index is -1.72. The van der Waals surface area contributed by atoms with Gasteiger partial charge in [0.25, 0.3) is 0 Å². The highest BCUT2D eigenvalue weighted by molar-refractivity contribution is 7.80. The third kappa shape index (κ3) is 4.21. The molecule has 0 spiro atoms. The number of carbonyl (C=O) groups is 1. The molecule has 0 aliphatic carbocycles. The normalized spacial score (nSPS) is 22.7. The number of hydrogen-bond acceptors (Lipinski definition) is 3. The van der Waals surface area contributed by atoms with Gasteiger partial charge >= 0.3 is 0 Å². The summed E-state index contributed by atoms with van der Waals surface area (Å²) in [7, 11) is -1.72. The Morgan fingerprint density at radius 1 is 1.16 bits per heavy atom. The van der Waals surface area contributed by atoms with Gasteiger partial charge in [-0.2, -0.15) is 0 Å². The average Bonchev–Trinajstić information content (AvgIpc) is 2.63. The molecule has 4 atom stereocenters. The van der Waals surface area contributed by atoms with E-state index in [0.717, 1.165) is 28.6 Å². The average molecular weight is 378 g/mol. The third-order valence-electron chi connectivity index (χ3n) is 5.88. The summed E-state index contributed by atoms with van der Waals surface area (Å²) in [5.41, 5.74) is 1.07. The number of benzene rings is 1. The molecule has 0 saturated carbocycles. The highest BCUT2D eigenvalue weighted by atomic mass is 32.1. The first-order chi connectivity index (χ1) is 11.9. The number of rotatable bonds is 9. The van der Waals surface area contributed by atoms with Crippen molar-refractivity contribution in [1.29, 1.82) is 0 Å². The van der Waals surface area contributed by atoms with Crippen molar-refractivity contribution in [2.24, 2.45) is 11.8 Å². The predicted octanol–water partition coefficient (Wildman–Crippen LogP) is 4.57. The van der Waals surface area contributed by atoms with E-state index in [4.69, 9.17) is 16.6 Å². The van der Waals surface area contributed by atoms with Crippen LogP contribution in [0.1, 0.15) is 40.2 Å². The maximum absolute atomic E-state index is 12.3. The van der Waals surface area contributed by atoms with E-state index in [0.29, 0.717) is 0 Å². The zero-order chi connectivity index (χ0) is 18.6. The van der Waals surface area contributed by atoms with Crippen LogP contribution in [-0.2, 0) is 9.22 Å². The van der Waals surface area contributed by atoms with Gasteiger partial charge in [0, 0.05) is 10.8 Å². The second-order valence-corrected chi connectivity index (χ2v) is 12.3. The first-order valence-corrected chi connectivity index (χ1v) is 12.4. The minimum absolute atomic E-state index is 0.0497. The van der Waals surface area contributed by atoms with E-state index >= 15 is 0 Å². The van der Waals surface area contributed by atoms with E-state index < -0.39 is 8.32 Å². The molecule has 0 bridgehead atoms. The second-order valence-electron chi connectivity index (χ2n) is 7.15. The zero-order valence-electron chi connectivity index (χ0n) is 16.0. The van der Waals surface area contributed by atoms with Crippen molar-refractivity contribution in [2.45, 2.75) is 64.9 Å². The predicted molar refractivity (Wildman–Crippen MR) is 110 cm³/mol. The summed E-state index contributed by atoms with van der Waals surface area (Å²) in [5.74, 6) is 0.117. The Balaban J connectivity index is 2.10. The molecule has 1 fully saturated rings. The van der Waals surface area contributed by atoms with E-state index in [2.05, 4.69) is 39.9 Å². The van der Waals surface area contributed by atoms with Gasteiger partial charge in [-0.1, -0.05) is 70.2 Å². The molecule has 1 aromatic rings. The van der Waals surface area contributed by atoms with Crippen LogP contribution in [0.5, 0.6) is 0 Å². The smallest absolute Gasteiger partial charge is 0.228 e. The quantitative estimate of drug-likeness (QED) is 0.297. The number of thiocarbonyl (C=S) groups is 1. The molecule has 0 aromatic heterocycles. The molecule has 1 N–H and O–H groups in total. The molecule has 25 heavy (non-hydrogen) atoms. The lowest BCUT2D eigenvalue weighted by molar-refractivity contribution is -0.140. The van der Waals surface area contributed by atoms with Crippen molar-refractivity contribution in [3.8, 4) is 0 Å². The van der Waals surface area contributed by atoms with Crippen molar-refractivity contribution in [1.82, 2.24) is 5.32 Å². The summed E-state index contributed by atoms with van der Waals surface area (Å²) in [6.45, 7) is 10.8. The Bertz CT molecular complexity index is 595. The summed E-state index contributed by atoms with van der Waals surface area (Å²) >= 11 is 5.69. The van der Waals surface area contributed by atoms with Crippen LogP contribution in [0.15, 0.2) is 30.3 Å². The highest BCUT2D eigenvalue weighted by Crippen LogP contribution is 2.33. The van der Waals surface area contributed by atoms with E-state index in [-0.39, 0.29) is 29.9 Å². The van der Waals surface area contributed by atoms with Crippen LogP contribution in [-0.4, -0.2) is 31.2 Å². The van der Waals surface area contributed by atoms with E-state index in [1.54, 1.807) is 0 Å². The molecule has 1 aromatic carbocycles. The second kappa shape index (κ2) is 8.56. The van der Waals surface area contributed by atoms with Gasteiger partial charge in [-0.3, -0.25) is 4.79 Å². The summed E-state index contributed by atoms with van der Waals surface area (Å²) in [5, 5.41) is 3.07. The molecule has 1 amide bonds. The summed E-state index contributed by atoms with van der Waals surface area (Å²) in [6, 6.07) is 13.4. The van der Waals surface area contributed by atoms with Crippen LogP contribution in [0.25, 0.3) is 0 Å². The molecule has 3 nitrogen and oxygen atoms in total. The van der Waals surface area contributed by atoms with E-state index in [1.165, 1.54) is 0 Å². The molecule has 1 aliphatic heterocycles. The van der Waals surface area contributed by atoms with Gasteiger partial charge in [0.1, 0.15) is 0 Å². The fourth-order valence-corrected chi connectivity index (χ4v) is 7.07. The minimum Gasteiger partial charge on any atom is -0.413 e. The molecule has 0 radical (unpaired) electrons. The van der Waals surface area contributed by atoms with Crippen LogP contribution in [0, 0.1) is 11.8 Å². The van der Waals surface area contributed by atoms with Gasteiger partial charge in [-0.25, -0.2) is 0 Å². The van der Waals surface area contributed by atoms with Crippen molar-refractivity contribution in [3.05, 3.63) is 35.9 Å². The summed E-state index contributed by atoms with van der Waals surface area (Å²) in [6.07, 6.45) is -0.0497. The van der Waals surface area contributed by atoms with Crippen molar-refractivity contribution >= 4 is 31.3 Å². The number of β-lactam (4-membered cyclic amide) rings is 1. The Labute approximate surface area is 158 Å². The molecular weight excluding hydrogens is 346 g/mol. The largest absolute Gasteiger partial charge is 0.413 e. The number of nitrogens with one attached hydrogen (secondary N) is 1. The van der Waals surface area contributed by atoms with Gasteiger partial charge in [0.2, 0.25) is 5.91 Å². The number of carbonyl (C=O) groups excluding carboxylic acids is 1. The monoisotopic (exact) mass is 377 g/mol. The number of hydrogen-bond donors (Lipinski definition) is 1. The van der Waals surface area contributed by atoms with Crippen molar-refractivity contribution in [2.75, 3.05) is 0 Å². The molecular formula is C20H31NO2SSi. The molecule has 1 saturated heterocycles. The van der Waals surface area contributed by atoms with Crippen molar-refractivity contribution in [3.63, 3.8) is 0 Å². The van der Waals surface area contributed by atoms with E-state index in [9.17, 15) is 4.79 Å². The summed E-state index contributed by atoms with van der Waals surface area (Å²) < 4.78 is 6.56. The van der Waals surface area contributed by atoms with Crippen LogP contribution >= 0.6 is 12.2 Å². The van der Waals surface area contributed by atoms with E-state index in [1.807, 2.05) is 30.3 Å². The van der Waals surface area contributed by atoms with Gasteiger partial charge in [-0.05, 0) is 30.6 Å². The SMILES string of the molecule is CC[Si](CC)(CC)O[C@H](C)[C@H]1C(=O)N[C@@H]1[C@@H](C)C(=S)c1ccccc1. The van der Waals surface area contributed by atoms with Gasteiger partial charge in [-0.15, -0.1) is 0 Å². The van der Waals surface area contributed by atoms with Crippen LogP contribution in [0.4, 0.5) is 0 Å². The first-order valence-electron chi connectivity index (χ1n) is 9.46. The molecule has 2 rings (SSSR count). The van der Waals surface area contributed by atoms with Gasteiger partial charge in [0.15, 0.2) is 8.32 Å². The Morgan fingerprint density at radius 2 is 1.72 bits per heavy atom. The lowest BCUT2D eigenvalue weighted by Crippen LogP contribution is -2.66. The third-order valence-corrected chi connectivity index (χ3v) is 11.2. The fourth-order valence-electron chi connectivity index (χ4n) is 3.85. The van der Waals surface area contributed by atoms with Gasteiger partial charge < -0.3 is 9.74 Å².